The van der Waals surface area contributed by atoms with E-state index in [0.29, 0.717) is 10.7 Å². The van der Waals surface area contributed by atoms with Crippen LogP contribution in [0.1, 0.15) is 62.4 Å². The van der Waals surface area contributed by atoms with E-state index in [1.807, 2.05) is 0 Å². The molecule has 1 atom stereocenters. The van der Waals surface area contributed by atoms with Gasteiger partial charge in [0.1, 0.15) is 5.02 Å². The molecule has 5 nitrogen and oxygen atoms in total. The summed E-state index contributed by atoms with van der Waals surface area (Å²) in [5.74, 6) is 2.45. The Balaban J connectivity index is 1.42. The van der Waals surface area contributed by atoms with Gasteiger partial charge in [-0.1, -0.05) is 18.5 Å². The minimum Gasteiger partial charge on any atom is -0.347 e. The number of nitrogens with one attached hydrogen (secondary N) is 1. The average molecular weight is 373 g/mol. The van der Waals surface area contributed by atoms with Crippen molar-refractivity contribution in [3.05, 3.63) is 29.2 Å². The van der Waals surface area contributed by atoms with Gasteiger partial charge in [-0.3, -0.25) is 4.79 Å². The molecule has 0 aliphatic heterocycles. The molecule has 2 aromatic heterocycles. The Labute approximate surface area is 158 Å². The number of halogens is 1. The maximum Gasteiger partial charge on any atom is 0.273 e. The van der Waals surface area contributed by atoms with Crippen LogP contribution in [0.2, 0.25) is 5.02 Å². The molecule has 2 aromatic rings. The Morgan fingerprint density at radius 3 is 2.54 bits per heavy atom. The van der Waals surface area contributed by atoms with Crippen molar-refractivity contribution in [2.75, 3.05) is 0 Å². The summed E-state index contributed by atoms with van der Waals surface area (Å²) >= 11 is 6.39. The van der Waals surface area contributed by atoms with Gasteiger partial charge < -0.3 is 5.32 Å². The summed E-state index contributed by atoms with van der Waals surface area (Å²) in [6, 6.07) is 1.99. The minimum atomic E-state index is -0.164. The van der Waals surface area contributed by atoms with Gasteiger partial charge in [-0.05, 0) is 74.2 Å². The molecule has 6 heteroatoms. The third-order valence-electron chi connectivity index (χ3n) is 7.09. The van der Waals surface area contributed by atoms with Gasteiger partial charge in [0.05, 0.1) is 0 Å². The molecule has 0 spiro atoms. The number of carbonyl (C=O) groups excluding carboxylic acids is 1. The molecule has 0 aromatic carbocycles. The van der Waals surface area contributed by atoms with Crippen molar-refractivity contribution in [1.29, 1.82) is 0 Å². The van der Waals surface area contributed by atoms with Gasteiger partial charge in [0, 0.05) is 18.4 Å². The molecule has 0 unspecified atom stereocenters. The lowest BCUT2D eigenvalue weighted by Crippen LogP contribution is -2.56. The number of rotatable bonds is 4. The van der Waals surface area contributed by atoms with Crippen molar-refractivity contribution < 1.29 is 4.79 Å². The quantitative estimate of drug-likeness (QED) is 0.878. The summed E-state index contributed by atoms with van der Waals surface area (Å²) in [7, 11) is 0. The van der Waals surface area contributed by atoms with E-state index >= 15 is 0 Å². The second-order valence-electron chi connectivity index (χ2n) is 8.76. The monoisotopic (exact) mass is 372 g/mol. The Hall–Kier alpha value is -1.62. The van der Waals surface area contributed by atoms with Crippen LogP contribution in [0.5, 0.6) is 0 Å². The molecule has 4 aliphatic rings. The van der Waals surface area contributed by atoms with Crippen LogP contribution < -0.4 is 5.32 Å². The molecule has 4 saturated carbocycles. The highest BCUT2D eigenvalue weighted by Gasteiger charge is 2.54. The lowest BCUT2D eigenvalue weighted by molar-refractivity contribution is -0.0727. The highest BCUT2D eigenvalue weighted by atomic mass is 35.5. The van der Waals surface area contributed by atoms with Gasteiger partial charge in [-0.25, -0.2) is 9.50 Å². The Bertz CT molecular complexity index is 825. The van der Waals surface area contributed by atoms with E-state index in [0.717, 1.165) is 24.2 Å². The Morgan fingerprint density at radius 1 is 1.31 bits per heavy atom. The van der Waals surface area contributed by atoms with E-state index in [-0.39, 0.29) is 23.1 Å². The molecule has 1 N–H and O–H groups in total. The summed E-state index contributed by atoms with van der Waals surface area (Å²) in [5, 5.41) is 8.01. The number of fused-ring (bicyclic) bond motifs is 1. The summed E-state index contributed by atoms with van der Waals surface area (Å²) < 4.78 is 1.57. The number of aromatic nitrogens is 3. The van der Waals surface area contributed by atoms with Gasteiger partial charge in [-0.15, -0.1) is 0 Å². The molecule has 4 aliphatic carbocycles. The van der Waals surface area contributed by atoms with E-state index in [1.54, 1.807) is 23.0 Å². The second-order valence-corrected chi connectivity index (χ2v) is 9.14. The van der Waals surface area contributed by atoms with E-state index in [2.05, 4.69) is 22.3 Å². The molecule has 0 radical (unpaired) electrons. The third-order valence-corrected chi connectivity index (χ3v) is 7.44. The molecule has 6 rings (SSSR count). The standard InChI is InChI=1S/C20H25ClN4O/c1-2-15(20-9-12-6-13(10-20)8-14(7-12)11-20)23-19(26)17-16(21)18-22-4-3-5-25(18)24-17/h3-5,12-15H,2,6-11H2,1H3,(H,23,26)/t12?,13?,14?,15-,20?/m0/s1. The van der Waals surface area contributed by atoms with Crippen molar-refractivity contribution in [2.24, 2.45) is 23.2 Å². The first-order valence-electron chi connectivity index (χ1n) is 9.87. The summed E-state index contributed by atoms with van der Waals surface area (Å²) in [5.41, 5.74) is 1.10. The van der Waals surface area contributed by atoms with E-state index in [9.17, 15) is 4.79 Å². The fourth-order valence-corrected chi connectivity index (χ4v) is 6.78. The maximum atomic E-state index is 13.0. The van der Waals surface area contributed by atoms with Crippen molar-refractivity contribution in [3.63, 3.8) is 0 Å². The largest absolute Gasteiger partial charge is 0.347 e. The third kappa shape index (κ3) is 2.47. The molecule has 26 heavy (non-hydrogen) atoms. The Kier molecular flexibility index (Phi) is 3.78. The predicted molar refractivity (Wildman–Crippen MR) is 100 cm³/mol. The van der Waals surface area contributed by atoms with Crippen molar-refractivity contribution in [2.45, 2.75) is 57.9 Å². The van der Waals surface area contributed by atoms with E-state index < -0.39 is 0 Å². The lowest BCUT2D eigenvalue weighted by Gasteiger charge is -2.59. The van der Waals surface area contributed by atoms with Gasteiger partial charge >= 0.3 is 0 Å². The van der Waals surface area contributed by atoms with Crippen LogP contribution >= 0.6 is 11.6 Å². The van der Waals surface area contributed by atoms with Crippen molar-refractivity contribution >= 4 is 23.2 Å². The second kappa shape index (κ2) is 5.95. The van der Waals surface area contributed by atoms with Crippen LogP contribution in [-0.2, 0) is 0 Å². The fraction of sp³-hybridized carbons (Fsp3) is 0.650. The zero-order valence-electron chi connectivity index (χ0n) is 15.1. The number of nitrogens with zero attached hydrogens (tertiary/aromatic N) is 3. The first-order chi connectivity index (χ1) is 12.6. The highest BCUT2D eigenvalue weighted by Crippen LogP contribution is 2.61. The molecule has 4 fully saturated rings. The molecule has 1 amide bonds. The van der Waals surface area contributed by atoms with Crippen LogP contribution in [0.4, 0.5) is 0 Å². The maximum absolute atomic E-state index is 13.0. The highest BCUT2D eigenvalue weighted by molar-refractivity contribution is 6.36. The van der Waals surface area contributed by atoms with Crippen LogP contribution in [-0.4, -0.2) is 26.5 Å². The molecular weight excluding hydrogens is 348 g/mol. The fourth-order valence-electron chi connectivity index (χ4n) is 6.52. The van der Waals surface area contributed by atoms with Crippen LogP contribution in [0, 0.1) is 23.2 Å². The van der Waals surface area contributed by atoms with Gasteiger partial charge in [0.15, 0.2) is 11.3 Å². The van der Waals surface area contributed by atoms with Gasteiger partial charge in [0.25, 0.3) is 5.91 Å². The molecule has 4 bridgehead atoms. The molecule has 138 valence electrons. The number of amides is 1. The molecule has 0 saturated heterocycles. The summed E-state index contributed by atoms with van der Waals surface area (Å²) in [6.07, 6.45) is 12.4. The van der Waals surface area contributed by atoms with E-state index in [1.165, 1.54) is 38.5 Å². The predicted octanol–water partition coefficient (Wildman–Crippen LogP) is 4.11. The SMILES string of the molecule is CC[C@H](NC(=O)c1nn2cccnc2c1Cl)C12CC3CC(CC(C3)C1)C2. The zero-order chi connectivity index (χ0) is 17.9. The number of hydrogen-bond donors (Lipinski definition) is 1. The minimum absolute atomic E-state index is 0.164. The smallest absolute Gasteiger partial charge is 0.273 e. The topological polar surface area (TPSA) is 59.3 Å². The lowest BCUT2D eigenvalue weighted by atomic mass is 9.47. The first kappa shape index (κ1) is 16.5. The average Bonchev–Trinajstić information content (AvgIpc) is 2.95. The number of carbonyl (C=O) groups is 1. The first-order valence-corrected chi connectivity index (χ1v) is 10.3. The van der Waals surface area contributed by atoms with Crippen LogP contribution in [0.25, 0.3) is 5.65 Å². The summed E-state index contributed by atoms with van der Waals surface area (Å²) in [4.78, 5) is 17.2. The van der Waals surface area contributed by atoms with Crippen molar-refractivity contribution in [1.82, 2.24) is 19.9 Å². The zero-order valence-corrected chi connectivity index (χ0v) is 15.9. The van der Waals surface area contributed by atoms with Crippen LogP contribution in [0.3, 0.4) is 0 Å². The van der Waals surface area contributed by atoms with Gasteiger partial charge in [0.2, 0.25) is 0 Å². The Morgan fingerprint density at radius 2 is 1.96 bits per heavy atom. The van der Waals surface area contributed by atoms with Gasteiger partial charge in [-0.2, -0.15) is 5.10 Å². The molecular formula is C20H25ClN4O. The number of hydrogen-bond acceptors (Lipinski definition) is 3. The van der Waals surface area contributed by atoms with Crippen molar-refractivity contribution in [3.8, 4) is 0 Å². The van der Waals surface area contributed by atoms with Crippen LogP contribution in [0.15, 0.2) is 18.5 Å². The normalized spacial score (nSPS) is 33.5. The summed E-state index contributed by atoms with van der Waals surface area (Å²) in [6.45, 7) is 2.19. The van der Waals surface area contributed by atoms with E-state index in [4.69, 9.17) is 11.6 Å². The molecule has 2 heterocycles.